The summed E-state index contributed by atoms with van der Waals surface area (Å²) < 4.78 is 37.8. The van der Waals surface area contributed by atoms with Gasteiger partial charge in [0.2, 0.25) is 0 Å². The third-order valence-corrected chi connectivity index (χ3v) is 2.52. The molecule has 1 heterocycles. The monoisotopic (exact) mass is 265 g/mol. The third-order valence-electron chi connectivity index (χ3n) is 2.52. The first kappa shape index (κ1) is 13.1. The number of aromatic nitrogens is 1. The van der Waals surface area contributed by atoms with Crippen LogP contribution in [0.2, 0.25) is 0 Å². The molecular formula is C13H10F3N3. The van der Waals surface area contributed by atoms with Crippen LogP contribution < -0.4 is 5.84 Å². The molecule has 0 aliphatic carbocycles. The number of rotatable bonds is 2. The lowest BCUT2D eigenvalue weighted by molar-refractivity contribution is -0.137. The van der Waals surface area contributed by atoms with E-state index in [9.17, 15) is 13.2 Å². The van der Waals surface area contributed by atoms with E-state index < -0.39 is 11.7 Å². The summed E-state index contributed by atoms with van der Waals surface area (Å²) in [7, 11) is 0. The van der Waals surface area contributed by atoms with E-state index in [0.717, 1.165) is 23.9 Å². The molecule has 1 aromatic carbocycles. The molecule has 0 unspecified atom stereocenters. The smallest absolute Gasteiger partial charge is 0.323 e. The Morgan fingerprint density at radius 1 is 1.11 bits per heavy atom. The van der Waals surface area contributed by atoms with Gasteiger partial charge in [-0.3, -0.25) is 4.98 Å². The van der Waals surface area contributed by atoms with Gasteiger partial charge >= 0.3 is 6.18 Å². The first-order chi connectivity index (χ1) is 9.00. The van der Waals surface area contributed by atoms with E-state index >= 15 is 0 Å². The summed E-state index contributed by atoms with van der Waals surface area (Å²) in [5, 5.41) is 3.37. The lowest BCUT2D eigenvalue weighted by Gasteiger charge is -2.08. The van der Waals surface area contributed by atoms with Gasteiger partial charge in [-0.15, -0.1) is 0 Å². The summed E-state index contributed by atoms with van der Waals surface area (Å²) in [4.78, 5) is 3.94. The SMILES string of the molecule is NN=Cc1ccc(-c2cc(C(F)(F)F)ccn2)cc1. The highest BCUT2D eigenvalue weighted by molar-refractivity contribution is 5.80. The molecule has 6 heteroatoms. The predicted molar refractivity (Wildman–Crippen MR) is 66.5 cm³/mol. The Kier molecular flexibility index (Phi) is 3.50. The van der Waals surface area contributed by atoms with Crippen molar-refractivity contribution in [2.24, 2.45) is 10.9 Å². The Morgan fingerprint density at radius 3 is 2.37 bits per heavy atom. The lowest BCUT2D eigenvalue weighted by atomic mass is 10.1. The van der Waals surface area contributed by atoms with Crippen LogP contribution in [0, 0.1) is 0 Å². The molecule has 0 radical (unpaired) electrons. The minimum atomic E-state index is -4.37. The van der Waals surface area contributed by atoms with Crippen molar-refractivity contribution in [3.63, 3.8) is 0 Å². The van der Waals surface area contributed by atoms with Gasteiger partial charge in [0.25, 0.3) is 0 Å². The Bertz CT molecular complexity index is 589. The molecule has 0 spiro atoms. The van der Waals surface area contributed by atoms with Crippen LogP contribution >= 0.6 is 0 Å². The highest BCUT2D eigenvalue weighted by Crippen LogP contribution is 2.31. The summed E-state index contributed by atoms with van der Waals surface area (Å²) in [6.45, 7) is 0. The van der Waals surface area contributed by atoms with Gasteiger partial charge in [0.1, 0.15) is 0 Å². The van der Waals surface area contributed by atoms with E-state index in [1.807, 2.05) is 0 Å². The van der Waals surface area contributed by atoms with Crippen molar-refractivity contribution < 1.29 is 13.2 Å². The average Bonchev–Trinajstić information content (AvgIpc) is 2.39. The zero-order valence-corrected chi connectivity index (χ0v) is 9.72. The predicted octanol–water partition coefficient (Wildman–Crippen LogP) is 3.06. The second-order valence-corrected chi connectivity index (χ2v) is 3.83. The molecule has 19 heavy (non-hydrogen) atoms. The molecule has 0 bridgehead atoms. The largest absolute Gasteiger partial charge is 0.416 e. The lowest BCUT2D eigenvalue weighted by Crippen LogP contribution is -2.05. The van der Waals surface area contributed by atoms with E-state index in [-0.39, 0.29) is 5.69 Å². The van der Waals surface area contributed by atoms with Crippen LogP contribution in [0.5, 0.6) is 0 Å². The van der Waals surface area contributed by atoms with Crippen LogP contribution in [0.1, 0.15) is 11.1 Å². The van der Waals surface area contributed by atoms with Crippen molar-refractivity contribution in [1.82, 2.24) is 4.98 Å². The Balaban J connectivity index is 2.36. The van der Waals surface area contributed by atoms with Gasteiger partial charge < -0.3 is 5.84 Å². The Hall–Kier alpha value is -2.37. The first-order valence-corrected chi connectivity index (χ1v) is 5.37. The zero-order chi connectivity index (χ0) is 13.9. The van der Waals surface area contributed by atoms with Crippen LogP contribution in [-0.4, -0.2) is 11.2 Å². The number of halogens is 3. The minimum Gasteiger partial charge on any atom is -0.323 e. The molecule has 0 saturated heterocycles. The number of alkyl halides is 3. The van der Waals surface area contributed by atoms with Crippen LogP contribution in [-0.2, 0) is 6.18 Å². The molecule has 2 N–H and O–H groups in total. The fourth-order valence-electron chi connectivity index (χ4n) is 1.59. The van der Waals surface area contributed by atoms with Crippen LogP contribution in [0.15, 0.2) is 47.7 Å². The van der Waals surface area contributed by atoms with Crippen LogP contribution in [0.25, 0.3) is 11.3 Å². The van der Waals surface area contributed by atoms with Crippen molar-refractivity contribution in [2.45, 2.75) is 6.18 Å². The molecule has 98 valence electrons. The fourth-order valence-corrected chi connectivity index (χ4v) is 1.59. The van der Waals surface area contributed by atoms with Crippen molar-refractivity contribution in [3.05, 3.63) is 53.7 Å². The quantitative estimate of drug-likeness (QED) is 0.515. The topological polar surface area (TPSA) is 51.3 Å². The van der Waals surface area contributed by atoms with Gasteiger partial charge in [-0.1, -0.05) is 24.3 Å². The van der Waals surface area contributed by atoms with Crippen molar-refractivity contribution in [2.75, 3.05) is 0 Å². The van der Waals surface area contributed by atoms with E-state index in [2.05, 4.69) is 10.1 Å². The van der Waals surface area contributed by atoms with Gasteiger partial charge in [0.05, 0.1) is 17.5 Å². The fraction of sp³-hybridized carbons (Fsp3) is 0.0769. The minimum absolute atomic E-state index is 0.270. The molecule has 0 saturated carbocycles. The summed E-state index contributed by atoms with van der Waals surface area (Å²) in [5.74, 6) is 5.01. The Labute approximate surface area is 107 Å². The number of nitrogens with two attached hydrogens (primary N) is 1. The molecule has 0 aliphatic rings. The first-order valence-electron chi connectivity index (χ1n) is 5.37. The molecule has 3 nitrogen and oxygen atoms in total. The maximum atomic E-state index is 12.6. The summed E-state index contributed by atoms with van der Waals surface area (Å²) >= 11 is 0. The van der Waals surface area contributed by atoms with Gasteiger partial charge in [-0.05, 0) is 17.7 Å². The standard InChI is InChI=1S/C13H10F3N3/c14-13(15,16)11-5-6-18-12(7-11)10-3-1-9(2-4-10)8-19-17/h1-8H,17H2. The highest BCUT2D eigenvalue weighted by atomic mass is 19.4. The number of hydrogen-bond donors (Lipinski definition) is 1. The number of hydrogen-bond acceptors (Lipinski definition) is 3. The number of nitrogens with zero attached hydrogens (tertiary/aromatic N) is 2. The van der Waals surface area contributed by atoms with Crippen LogP contribution in [0.3, 0.4) is 0 Å². The van der Waals surface area contributed by atoms with Crippen molar-refractivity contribution >= 4 is 6.21 Å². The maximum absolute atomic E-state index is 12.6. The number of benzene rings is 1. The average molecular weight is 265 g/mol. The van der Waals surface area contributed by atoms with Crippen molar-refractivity contribution in [3.8, 4) is 11.3 Å². The van der Waals surface area contributed by atoms with Crippen molar-refractivity contribution in [1.29, 1.82) is 0 Å². The molecular weight excluding hydrogens is 255 g/mol. The van der Waals surface area contributed by atoms with Crippen LogP contribution in [0.4, 0.5) is 13.2 Å². The van der Waals surface area contributed by atoms with Gasteiger partial charge in [0, 0.05) is 11.8 Å². The highest BCUT2D eigenvalue weighted by Gasteiger charge is 2.30. The van der Waals surface area contributed by atoms with E-state index in [1.165, 1.54) is 6.21 Å². The zero-order valence-electron chi connectivity index (χ0n) is 9.72. The maximum Gasteiger partial charge on any atom is 0.416 e. The molecule has 0 amide bonds. The molecule has 0 fully saturated rings. The van der Waals surface area contributed by atoms with Gasteiger partial charge in [-0.2, -0.15) is 18.3 Å². The molecule has 0 atom stereocenters. The molecule has 1 aromatic heterocycles. The summed E-state index contributed by atoms with van der Waals surface area (Å²) in [5.41, 5.74) is 0.912. The normalized spacial score (nSPS) is 11.9. The van der Waals surface area contributed by atoms with Gasteiger partial charge in [0.15, 0.2) is 0 Å². The molecule has 2 rings (SSSR count). The van der Waals surface area contributed by atoms with E-state index in [0.29, 0.717) is 5.56 Å². The summed E-state index contributed by atoms with van der Waals surface area (Å²) in [6, 6.07) is 8.70. The van der Waals surface area contributed by atoms with E-state index in [1.54, 1.807) is 24.3 Å². The molecule has 0 aliphatic heterocycles. The number of pyridine rings is 1. The Morgan fingerprint density at radius 2 is 1.79 bits per heavy atom. The summed E-state index contributed by atoms with van der Waals surface area (Å²) in [6.07, 6.45) is -1.78. The van der Waals surface area contributed by atoms with Gasteiger partial charge in [-0.25, -0.2) is 0 Å². The second kappa shape index (κ2) is 5.09. The second-order valence-electron chi connectivity index (χ2n) is 3.83. The third kappa shape index (κ3) is 3.09. The van der Waals surface area contributed by atoms with E-state index in [4.69, 9.17) is 5.84 Å². The molecule has 2 aromatic rings. The number of hydrazone groups is 1.